The van der Waals surface area contributed by atoms with Gasteiger partial charge in [0.2, 0.25) is 0 Å². The molecule has 2 atom stereocenters. The lowest BCUT2D eigenvalue weighted by molar-refractivity contribution is -0.108. The Bertz CT molecular complexity index is 409. The van der Waals surface area contributed by atoms with Crippen LogP contribution in [0.25, 0.3) is 0 Å². The van der Waals surface area contributed by atoms with E-state index in [4.69, 9.17) is 14.0 Å². The fraction of sp³-hybridized carbons (Fsp3) is 0.812. The highest BCUT2D eigenvalue weighted by Gasteiger charge is 2.25. The molecule has 1 aromatic rings. The zero-order valence-corrected chi connectivity index (χ0v) is 13.6. The van der Waals surface area contributed by atoms with E-state index in [1.165, 1.54) is 0 Å². The molecule has 2 unspecified atom stereocenters. The van der Waals surface area contributed by atoms with Gasteiger partial charge in [0.05, 0.1) is 24.0 Å². The third-order valence-corrected chi connectivity index (χ3v) is 3.58. The van der Waals surface area contributed by atoms with Crippen molar-refractivity contribution in [2.24, 2.45) is 5.92 Å². The number of hydrogen-bond acceptors (Lipinski definition) is 5. The summed E-state index contributed by atoms with van der Waals surface area (Å²) in [5, 5.41) is 7.42. The molecule has 0 bridgehead atoms. The summed E-state index contributed by atoms with van der Waals surface area (Å²) < 4.78 is 17.0. The molecule has 0 aliphatic carbocycles. The van der Waals surface area contributed by atoms with E-state index in [2.05, 4.69) is 38.2 Å². The maximum absolute atomic E-state index is 5.93. The third kappa shape index (κ3) is 5.77. The zero-order valence-electron chi connectivity index (χ0n) is 13.6. The van der Waals surface area contributed by atoms with Gasteiger partial charge in [-0.1, -0.05) is 19.0 Å². The van der Waals surface area contributed by atoms with Crippen LogP contribution < -0.4 is 5.32 Å². The van der Waals surface area contributed by atoms with Crippen LogP contribution in [0.15, 0.2) is 10.6 Å². The second kappa shape index (κ2) is 7.92. The van der Waals surface area contributed by atoms with Crippen LogP contribution in [0, 0.1) is 5.92 Å². The quantitative estimate of drug-likeness (QED) is 0.838. The second-order valence-corrected chi connectivity index (χ2v) is 6.47. The predicted octanol–water partition coefficient (Wildman–Crippen LogP) is 2.89. The van der Waals surface area contributed by atoms with Gasteiger partial charge in [-0.05, 0) is 39.2 Å². The Morgan fingerprint density at radius 3 is 2.71 bits per heavy atom. The molecule has 0 saturated carbocycles. The molecule has 0 radical (unpaired) electrons. The molecular formula is C16H28N2O3. The largest absolute Gasteiger partial charge is 0.375 e. The first kappa shape index (κ1) is 16.5. The Morgan fingerprint density at radius 2 is 2.05 bits per heavy atom. The minimum absolute atomic E-state index is 0.247. The van der Waals surface area contributed by atoms with Gasteiger partial charge in [0.1, 0.15) is 6.61 Å². The van der Waals surface area contributed by atoms with Gasteiger partial charge in [-0.3, -0.25) is 0 Å². The van der Waals surface area contributed by atoms with E-state index in [1.54, 1.807) is 0 Å². The van der Waals surface area contributed by atoms with E-state index in [1.807, 2.05) is 6.07 Å². The first-order chi connectivity index (χ1) is 10.0. The number of nitrogens with one attached hydrogen (secondary N) is 1. The molecule has 1 fully saturated rings. The number of aromatic nitrogens is 1. The van der Waals surface area contributed by atoms with E-state index < -0.39 is 0 Å². The lowest BCUT2D eigenvalue weighted by Crippen LogP contribution is -2.33. The summed E-state index contributed by atoms with van der Waals surface area (Å²) in [7, 11) is 0. The maximum atomic E-state index is 5.93. The molecule has 0 amide bonds. The summed E-state index contributed by atoms with van der Waals surface area (Å²) in [4.78, 5) is 0. The summed E-state index contributed by atoms with van der Waals surface area (Å²) in [5.74, 6) is 1.43. The van der Waals surface area contributed by atoms with Crippen molar-refractivity contribution in [3.05, 3.63) is 17.5 Å². The lowest BCUT2D eigenvalue weighted by Gasteiger charge is -2.31. The Kier molecular flexibility index (Phi) is 6.21. The highest BCUT2D eigenvalue weighted by atomic mass is 16.5. The normalized spacial score (nSPS) is 26.4. The van der Waals surface area contributed by atoms with Crippen molar-refractivity contribution >= 4 is 0 Å². The summed E-state index contributed by atoms with van der Waals surface area (Å²) in [6, 6.07) is 1.97. The third-order valence-electron chi connectivity index (χ3n) is 3.58. The molecule has 2 heterocycles. The van der Waals surface area contributed by atoms with Crippen LogP contribution in [-0.2, 0) is 22.6 Å². The monoisotopic (exact) mass is 296 g/mol. The molecule has 5 nitrogen and oxygen atoms in total. The Morgan fingerprint density at radius 1 is 1.33 bits per heavy atom. The fourth-order valence-corrected chi connectivity index (χ4v) is 2.68. The van der Waals surface area contributed by atoms with Gasteiger partial charge in [0, 0.05) is 12.6 Å². The lowest BCUT2D eigenvalue weighted by atomic mass is 10.0. The smallest absolute Gasteiger partial charge is 0.162 e. The average Bonchev–Trinajstić information content (AvgIpc) is 2.83. The summed E-state index contributed by atoms with van der Waals surface area (Å²) >= 11 is 0. The number of rotatable bonds is 7. The molecule has 5 heteroatoms. The van der Waals surface area contributed by atoms with E-state index in [9.17, 15) is 0 Å². The fourth-order valence-electron chi connectivity index (χ4n) is 2.68. The maximum Gasteiger partial charge on any atom is 0.162 e. The van der Waals surface area contributed by atoms with Gasteiger partial charge < -0.3 is 19.3 Å². The molecule has 2 rings (SSSR count). The van der Waals surface area contributed by atoms with Crippen LogP contribution >= 0.6 is 0 Å². The molecular weight excluding hydrogens is 268 g/mol. The van der Waals surface area contributed by atoms with E-state index in [0.717, 1.165) is 37.4 Å². The van der Waals surface area contributed by atoms with Crippen molar-refractivity contribution in [2.45, 2.75) is 72.0 Å². The highest BCUT2D eigenvalue weighted by Crippen LogP contribution is 2.22. The average molecular weight is 296 g/mol. The number of hydrogen-bond donors (Lipinski definition) is 1. The Labute approximate surface area is 127 Å². The van der Waals surface area contributed by atoms with Crippen LogP contribution in [0.3, 0.4) is 0 Å². The summed E-state index contributed by atoms with van der Waals surface area (Å²) in [6.45, 7) is 10.8. The second-order valence-electron chi connectivity index (χ2n) is 6.47. The van der Waals surface area contributed by atoms with Gasteiger partial charge in [-0.15, -0.1) is 0 Å². The van der Waals surface area contributed by atoms with E-state index in [0.29, 0.717) is 12.5 Å². The van der Waals surface area contributed by atoms with Crippen molar-refractivity contribution in [2.75, 3.05) is 6.54 Å². The molecule has 0 aromatic carbocycles. The minimum Gasteiger partial charge on any atom is -0.375 e. The molecule has 1 aliphatic rings. The van der Waals surface area contributed by atoms with Crippen LogP contribution in [-0.4, -0.2) is 30.0 Å². The molecule has 21 heavy (non-hydrogen) atoms. The van der Waals surface area contributed by atoms with E-state index >= 15 is 0 Å². The first-order valence-electron chi connectivity index (χ1n) is 7.95. The van der Waals surface area contributed by atoms with Gasteiger partial charge in [0.25, 0.3) is 0 Å². The van der Waals surface area contributed by atoms with Crippen LogP contribution in [0.2, 0.25) is 0 Å². The Balaban J connectivity index is 1.72. The van der Waals surface area contributed by atoms with Crippen LogP contribution in [0.1, 0.15) is 52.0 Å². The van der Waals surface area contributed by atoms with Crippen molar-refractivity contribution in [1.29, 1.82) is 0 Å². The SMILES string of the molecule is CC(C)CNCc1cc(COC2CC(C)OC(C)C2)on1. The van der Waals surface area contributed by atoms with Crippen molar-refractivity contribution < 1.29 is 14.0 Å². The standard InChI is InChI=1S/C16H28N2O3/c1-11(2)8-17-9-14-7-16(21-18-14)10-19-15-5-12(3)20-13(4)6-15/h7,11-13,15,17H,5-6,8-10H2,1-4H3. The molecule has 1 aromatic heterocycles. The Hall–Kier alpha value is -0.910. The topological polar surface area (TPSA) is 56.5 Å². The molecule has 120 valence electrons. The van der Waals surface area contributed by atoms with Crippen LogP contribution in [0.4, 0.5) is 0 Å². The molecule has 1 saturated heterocycles. The highest BCUT2D eigenvalue weighted by molar-refractivity contribution is 5.04. The number of nitrogens with zero attached hydrogens (tertiary/aromatic N) is 1. The van der Waals surface area contributed by atoms with Crippen molar-refractivity contribution in [3.63, 3.8) is 0 Å². The number of ether oxygens (including phenoxy) is 2. The summed E-state index contributed by atoms with van der Waals surface area (Å²) in [6.07, 6.45) is 2.67. The summed E-state index contributed by atoms with van der Waals surface area (Å²) in [5.41, 5.74) is 0.933. The van der Waals surface area contributed by atoms with Crippen molar-refractivity contribution in [1.82, 2.24) is 10.5 Å². The van der Waals surface area contributed by atoms with E-state index in [-0.39, 0.29) is 18.3 Å². The first-order valence-corrected chi connectivity index (χ1v) is 7.95. The van der Waals surface area contributed by atoms with Gasteiger partial charge in [-0.25, -0.2) is 0 Å². The van der Waals surface area contributed by atoms with Gasteiger partial charge >= 0.3 is 0 Å². The predicted molar refractivity (Wildman–Crippen MR) is 80.9 cm³/mol. The van der Waals surface area contributed by atoms with Crippen LogP contribution in [0.5, 0.6) is 0 Å². The van der Waals surface area contributed by atoms with Gasteiger partial charge in [0.15, 0.2) is 5.76 Å². The minimum atomic E-state index is 0.247. The van der Waals surface area contributed by atoms with Gasteiger partial charge in [-0.2, -0.15) is 0 Å². The molecule has 1 aliphatic heterocycles. The zero-order chi connectivity index (χ0) is 15.2. The molecule has 1 N–H and O–H groups in total. The van der Waals surface area contributed by atoms with Crippen molar-refractivity contribution in [3.8, 4) is 0 Å². The molecule has 0 spiro atoms.